The van der Waals surface area contributed by atoms with Crippen LogP contribution < -0.4 is 4.72 Å². The summed E-state index contributed by atoms with van der Waals surface area (Å²) in [6.07, 6.45) is 0.772. The van der Waals surface area contributed by atoms with Crippen LogP contribution >= 0.6 is 0 Å². The minimum atomic E-state index is -3.63. The molecule has 5 nitrogen and oxygen atoms in total. The maximum absolute atomic E-state index is 12.7. The van der Waals surface area contributed by atoms with E-state index in [0.717, 1.165) is 19.5 Å². The monoisotopic (exact) mass is 388 g/mol. The highest BCUT2D eigenvalue weighted by Crippen LogP contribution is 2.13. The van der Waals surface area contributed by atoms with Gasteiger partial charge in [0.15, 0.2) is 5.78 Å². The van der Waals surface area contributed by atoms with Gasteiger partial charge in [0, 0.05) is 18.2 Å². The predicted molar refractivity (Wildman–Crippen MR) is 108 cm³/mol. The number of rotatable bonds is 10. The second-order valence-electron chi connectivity index (χ2n) is 6.50. The molecule has 0 fully saturated rings. The molecule has 0 radical (unpaired) electrons. The van der Waals surface area contributed by atoms with Gasteiger partial charge >= 0.3 is 0 Å². The molecular formula is C21H28N2O3S. The van der Waals surface area contributed by atoms with Gasteiger partial charge in [-0.3, -0.25) is 9.69 Å². The van der Waals surface area contributed by atoms with Gasteiger partial charge in [-0.05, 0) is 44.1 Å². The van der Waals surface area contributed by atoms with Crippen LogP contribution in [0.4, 0.5) is 0 Å². The molecule has 1 atom stereocenters. The number of benzene rings is 2. The van der Waals surface area contributed by atoms with Gasteiger partial charge in [0.2, 0.25) is 10.0 Å². The van der Waals surface area contributed by atoms with Gasteiger partial charge in [-0.15, -0.1) is 0 Å². The van der Waals surface area contributed by atoms with Crippen LogP contribution in [0.1, 0.15) is 36.7 Å². The summed E-state index contributed by atoms with van der Waals surface area (Å²) in [5.41, 5.74) is 1.68. The maximum Gasteiger partial charge on any atom is 0.240 e. The first-order valence-corrected chi connectivity index (χ1v) is 10.7. The van der Waals surface area contributed by atoms with Gasteiger partial charge < -0.3 is 0 Å². The van der Waals surface area contributed by atoms with Gasteiger partial charge in [-0.2, -0.15) is 0 Å². The molecule has 1 unspecified atom stereocenters. The summed E-state index contributed by atoms with van der Waals surface area (Å²) in [6, 6.07) is 16.2. The Bertz CT molecular complexity index is 829. The first-order chi connectivity index (χ1) is 12.9. The number of hydrogen-bond acceptors (Lipinski definition) is 4. The number of Topliss-reactive ketones (excluding diaryl/α,β-unsaturated/α-hetero) is 1. The Balaban J connectivity index is 2.13. The smallest absolute Gasteiger partial charge is 0.240 e. The molecule has 146 valence electrons. The standard InChI is InChI=1S/C21H28N2O3S/c1-4-23(5-2)20(15-18-9-7-6-8-10-18)16-22-27(25,26)21-13-11-19(12-14-21)17(3)24/h6-14,20,22H,4-5,15-16H2,1-3H3. The highest BCUT2D eigenvalue weighted by molar-refractivity contribution is 7.89. The quantitative estimate of drug-likeness (QED) is 0.635. The lowest BCUT2D eigenvalue weighted by atomic mass is 10.0. The van der Waals surface area contributed by atoms with E-state index in [9.17, 15) is 13.2 Å². The van der Waals surface area contributed by atoms with Crippen LogP contribution in [-0.2, 0) is 16.4 Å². The molecule has 0 aromatic heterocycles. The van der Waals surface area contributed by atoms with Crippen LogP contribution in [0.3, 0.4) is 0 Å². The van der Waals surface area contributed by atoms with Crippen LogP contribution in [0, 0.1) is 0 Å². The molecule has 0 amide bonds. The molecule has 2 aromatic carbocycles. The summed E-state index contributed by atoms with van der Waals surface area (Å²) >= 11 is 0. The number of nitrogens with zero attached hydrogens (tertiary/aromatic N) is 1. The van der Waals surface area contributed by atoms with Gasteiger partial charge in [0.05, 0.1) is 4.90 Å². The number of hydrogen-bond donors (Lipinski definition) is 1. The van der Waals surface area contributed by atoms with Gasteiger partial charge in [0.1, 0.15) is 0 Å². The Morgan fingerprint density at radius 1 is 1.00 bits per heavy atom. The molecule has 0 aliphatic heterocycles. The number of ketones is 1. The van der Waals surface area contributed by atoms with Gasteiger partial charge in [0.25, 0.3) is 0 Å². The molecule has 0 spiro atoms. The van der Waals surface area contributed by atoms with E-state index < -0.39 is 10.0 Å². The molecular weight excluding hydrogens is 360 g/mol. The van der Waals surface area contributed by atoms with Crippen molar-refractivity contribution in [2.24, 2.45) is 0 Å². The van der Waals surface area contributed by atoms with E-state index in [0.29, 0.717) is 12.1 Å². The summed E-state index contributed by atoms with van der Waals surface area (Å²) in [6.45, 7) is 7.65. The van der Waals surface area contributed by atoms with Crippen LogP contribution in [0.2, 0.25) is 0 Å². The van der Waals surface area contributed by atoms with Crippen LogP contribution in [0.15, 0.2) is 59.5 Å². The van der Waals surface area contributed by atoms with Crippen molar-refractivity contribution in [1.82, 2.24) is 9.62 Å². The topological polar surface area (TPSA) is 66.5 Å². The van der Waals surface area contributed by atoms with Crippen LogP contribution in [0.25, 0.3) is 0 Å². The Morgan fingerprint density at radius 2 is 1.59 bits per heavy atom. The minimum absolute atomic E-state index is 0.0636. The molecule has 0 heterocycles. The fraction of sp³-hybridized carbons (Fsp3) is 0.381. The Hall–Kier alpha value is -2.02. The van der Waals surface area contributed by atoms with Crippen molar-refractivity contribution in [3.05, 3.63) is 65.7 Å². The summed E-state index contributed by atoms with van der Waals surface area (Å²) in [7, 11) is -3.63. The van der Waals surface area contributed by atoms with Crippen molar-refractivity contribution in [2.45, 2.75) is 38.1 Å². The molecule has 0 saturated heterocycles. The molecule has 27 heavy (non-hydrogen) atoms. The lowest BCUT2D eigenvalue weighted by Gasteiger charge is -2.30. The molecule has 2 aromatic rings. The van der Waals surface area contributed by atoms with E-state index in [4.69, 9.17) is 0 Å². The van der Waals surface area contributed by atoms with E-state index in [1.165, 1.54) is 24.6 Å². The molecule has 0 bridgehead atoms. The predicted octanol–water partition coefficient (Wildman–Crippen LogP) is 3.12. The van der Waals surface area contributed by atoms with E-state index in [1.54, 1.807) is 12.1 Å². The van der Waals surface area contributed by atoms with E-state index >= 15 is 0 Å². The summed E-state index contributed by atoms with van der Waals surface area (Å²) < 4.78 is 28.0. The molecule has 2 rings (SSSR count). The van der Waals surface area contributed by atoms with Crippen molar-refractivity contribution in [3.8, 4) is 0 Å². The number of carbonyl (C=O) groups excluding carboxylic acids is 1. The average molecular weight is 389 g/mol. The molecule has 1 N–H and O–H groups in total. The zero-order valence-electron chi connectivity index (χ0n) is 16.2. The highest BCUT2D eigenvalue weighted by atomic mass is 32.2. The third-order valence-electron chi connectivity index (χ3n) is 4.72. The summed E-state index contributed by atoms with van der Waals surface area (Å²) in [5.74, 6) is -0.0867. The fourth-order valence-electron chi connectivity index (χ4n) is 3.11. The van der Waals surface area contributed by atoms with Gasteiger partial charge in [-0.25, -0.2) is 13.1 Å². The lowest BCUT2D eigenvalue weighted by Crippen LogP contribution is -2.45. The first kappa shape index (κ1) is 21.3. The lowest BCUT2D eigenvalue weighted by molar-refractivity contribution is 0.101. The third kappa shape index (κ3) is 5.99. The largest absolute Gasteiger partial charge is 0.299 e. The second kappa shape index (κ2) is 9.78. The van der Waals surface area contributed by atoms with Crippen molar-refractivity contribution < 1.29 is 13.2 Å². The Labute approximate surface area is 162 Å². The van der Waals surface area contributed by atoms with E-state index in [2.05, 4.69) is 35.6 Å². The zero-order valence-corrected chi connectivity index (χ0v) is 17.0. The molecule has 0 aliphatic rings. The molecule has 0 saturated carbocycles. The zero-order chi connectivity index (χ0) is 19.9. The minimum Gasteiger partial charge on any atom is -0.299 e. The number of carbonyl (C=O) groups is 1. The Morgan fingerprint density at radius 3 is 2.11 bits per heavy atom. The van der Waals surface area contributed by atoms with E-state index in [-0.39, 0.29) is 16.7 Å². The summed E-state index contributed by atoms with van der Waals surface area (Å²) in [5, 5.41) is 0. The number of nitrogens with one attached hydrogen (secondary N) is 1. The van der Waals surface area contributed by atoms with Crippen LogP contribution in [-0.4, -0.2) is 44.8 Å². The van der Waals surface area contributed by atoms with Crippen molar-refractivity contribution in [3.63, 3.8) is 0 Å². The van der Waals surface area contributed by atoms with Crippen LogP contribution in [0.5, 0.6) is 0 Å². The van der Waals surface area contributed by atoms with Crippen molar-refractivity contribution in [2.75, 3.05) is 19.6 Å². The van der Waals surface area contributed by atoms with Crippen molar-refractivity contribution >= 4 is 15.8 Å². The van der Waals surface area contributed by atoms with Crippen molar-refractivity contribution in [1.29, 1.82) is 0 Å². The SMILES string of the molecule is CCN(CC)C(CNS(=O)(=O)c1ccc(C(C)=O)cc1)Cc1ccccc1. The van der Waals surface area contributed by atoms with E-state index in [1.807, 2.05) is 18.2 Å². The number of likely N-dealkylation sites (N-methyl/N-ethyl adjacent to an activating group) is 1. The maximum atomic E-state index is 12.7. The third-order valence-corrected chi connectivity index (χ3v) is 6.16. The fourth-order valence-corrected chi connectivity index (χ4v) is 4.19. The first-order valence-electron chi connectivity index (χ1n) is 9.26. The number of sulfonamides is 1. The average Bonchev–Trinajstić information content (AvgIpc) is 2.67. The highest BCUT2D eigenvalue weighted by Gasteiger charge is 2.21. The molecule has 6 heteroatoms. The second-order valence-corrected chi connectivity index (χ2v) is 8.26. The molecule has 0 aliphatic carbocycles. The van der Waals surface area contributed by atoms with Gasteiger partial charge in [-0.1, -0.05) is 56.3 Å². The Kier molecular flexibility index (Phi) is 7.71. The normalized spacial score (nSPS) is 12.9. The summed E-state index contributed by atoms with van der Waals surface area (Å²) in [4.78, 5) is 13.8.